The molecule has 4 aromatic heterocycles. The molecule has 0 bridgehead atoms. The van der Waals surface area contributed by atoms with Gasteiger partial charge in [-0.25, -0.2) is 9.97 Å². The third kappa shape index (κ3) is 4.65. The van der Waals surface area contributed by atoms with Crippen molar-refractivity contribution in [2.75, 3.05) is 0 Å². The van der Waals surface area contributed by atoms with Crippen LogP contribution in [-0.4, -0.2) is 19.1 Å². The van der Waals surface area contributed by atoms with Crippen LogP contribution in [0.4, 0.5) is 0 Å². The molecule has 0 saturated heterocycles. The fourth-order valence-corrected chi connectivity index (χ4v) is 10.1. The van der Waals surface area contributed by atoms with Crippen LogP contribution < -0.4 is 5.56 Å². The lowest BCUT2D eigenvalue weighted by Crippen LogP contribution is -2.21. The molecular formula is C51H30N4OS. The van der Waals surface area contributed by atoms with Gasteiger partial charge < -0.3 is 0 Å². The number of benzene rings is 8. The van der Waals surface area contributed by atoms with Crippen molar-refractivity contribution in [3.63, 3.8) is 0 Å². The van der Waals surface area contributed by atoms with Crippen molar-refractivity contribution < 1.29 is 0 Å². The van der Waals surface area contributed by atoms with Crippen LogP contribution in [0.1, 0.15) is 0 Å². The quantitative estimate of drug-likeness (QED) is 0.169. The number of hydrogen-bond donors (Lipinski definition) is 0. The first-order chi connectivity index (χ1) is 28.2. The second kappa shape index (κ2) is 12.3. The minimum Gasteiger partial charge on any atom is -0.276 e. The first kappa shape index (κ1) is 31.9. The Morgan fingerprint density at radius 2 is 0.965 bits per heavy atom. The van der Waals surface area contributed by atoms with E-state index in [0.717, 1.165) is 49.7 Å². The number of hydrogen-bond acceptors (Lipinski definition) is 4. The monoisotopic (exact) mass is 746 g/mol. The van der Waals surface area contributed by atoms with E-state index < -0.39 is 0 Å². The predicted octanol–water partition coefficient (Wildman–Crippen LogP) is 12.9. The van der Waals surface area contributed by atoms with E-state index in [1.807, 2.05) is 78.1 Å². The zero-order chi connectivity index (χ0) is 37.6. The minimum absolute atomic E-state index is 0.163. The summed E-state index contributed by atoms with van der Waals surface area (Å²) in [4.78, 5) is 26.1. The number of aromatic nitrogens is 4. The summed E-state index contributed by atoms with van der Waals surface area (Å²) in [6.45, 7) is 0. The standard InChI is InChI=1S/C51H30N4OS/c56-50-45-46(33-29-27-32(28-30-33)31-15-3-1-4-16-31)52-51(53-47(45)38-22-10-13-25-41(38)54(50)34-17-5-2-6-18-34)55-40-24-12-9-21-37(40)43-35-19-7-8-20-36(35)44-39-23-11-14-26-42(39)57-49(44)48(43)55/h1-30H. The van der Waals surface area contributed by atoms with Gasteiger partial charge in [-0.05, 0) is 52.2 Å². The van der Waals surface area contributed by atoms with E-state index in [0.29, 0.717) is 22.5 Å². The molecular weight excluding hydrogens is 717 g/mol. The second-order valence-electron chi connectivity index (χ2n) is 14.5. The maximum atomic E-state index is 15.1. The summed E-state index contributed by atoms with van der Waals surface area (Å²) in [6.07, 6.45) is 0. The van der Waals surface area contributed by atoms with Gasteiger partial charge in [-0.1, -0.05) is 152 Å². The molecule has 0 saturated carbocycles. The normalized spacial score (nSPS) is 11.9. The summed E-state index contributed by atoms with van der Waals surface area (Å²) >= 11 is 1.81. The fourth-order valence-electron chi connectivity index (χ4n) is 8.86. The molecule has 5 nitrogen and oxygen atoms in total. The Kier molecular flexibility index (Phi) is 6.88. The first-order valence-corrected chi connectivity index (χ1v) is 19.9. The molecule has 12 aromatic rings. The Morgan fingerprint density at radius 1 is 0.421 bits per heavy atom. The molecule has 6 heteroatoms. The molecule has 57 heavy (non-hydrogen) atoms. The molecule has 12 rings (SSSR count). The fraction of sp³-hybridized carbons (Fsp3) is 0. The van der Waals surface area contributed by atoms with Crippen LogP contribution in [0.25, 0.3) is 109 Å². The molecule has 0 fully saturated rings. The van der Waals surface area contributed by atoms with Crippen molar-refractivity contribution in [2.45, 2.75) is 0 Å². The van der Waals surface area contributed by atoms with E-state index in [4.69, 9.17) is 9.97 Å². The van der Waals surface area contributed by atoms with Gasteiger partial charge in [0.15, 0.2) is 0 Å². The molecule has 0 atom stereocenters. The average molecular weight is 747 g/mol. The molecule has 0 spiro atoms. The third-order valence-corrected chi connectivity index (χ3v) is 12.5. The summed E-state index contributed by atoms with van der Waals surface area (Å²) in [7, 11) is 0. The summed E-state index contributed by atoms with van der Waals surface area (Å²) in [6, 6.07) is 62.6. The molecule has 0 aliphatic carbocycles. The van der Waals surface area contributed by atoms with Crippen LogP contribution in [0.3, 0.4) is 0 Å². The first-order valence-electron chi connectivity index (χ1n) is 19.1. The summed E-state index contributed by atoms with van der Waals surface area (Å²) < 4.78 is 6.46. The lowest BCUT2D eigenvalue weighted by molar-refractivity contribution is 1.01. The zero-order valence-electron chi connectivity index (χ0n) is 30.4. The van der Waals surface area contributed by atoms with E-state index in [-0.39, 0.29) is 5.56 Å². The number of thiophene rings is 1. The van der Waals surface area contributed by atoms with Crippen LogP contribution >= 0.6 is 11.3 Å². The number of pyridine rings is 1. The second-order valence-corrected chi connectivity index (χ2v) is 15.5. The van der Waals surface area contributed by atoms with Crippen LogP contribution in [0.2, 0.25) is 0 Å². The summed E-state index contributed by atoms with van der Waals surface area (Å²) in [5, 5.41) is 8.53. The molecule has 0 N–H and O–H groups in total. The highest BCUT2D eigenvalue weighted by atomic mass is 32.1. The average Bonchev–Trinajstić information content (AvgIpc) is 3.84. The van der Waals surface area contributed by atoms with E-state index >= 15 is 4.79 Å². The maximum Gasteiger partial charge on any atom is 0.267 e. The van der Waals surface area contributed by atoms with E-state index in [2.05, 4.69) is 120 Å². The van der Waals surface area contributed by atoms with Crippen LogP contribution in [0.5, 0.6) is 0 Å². The maximum absolute atomic E-state index is 15.1. The van der Waals surface area contributed by atoms with Crippen LogP contribution in [0.15, 0.2) is 187 Å². The van der Waals surface area contributed by atoms with Crippen molar-refractivity contribution in [1.82, 2.24) is 19.1 Å². The van der Waals surface area contributed by atoms with Gasteiger partial charge in [0.1, 0.15) is 0 Å². The highest BCUT2D eigenvalue weighted by molar-refractivity contribution is 7.27. The Balaban J connectivity index is 1.27. The van der Waals surface area contributed by atoms with Gasteiger partial charge >= 0.3 is 0 Å². The smallest absolute Gasteiger partial charge is 0.267 e. The van der Waals surface area contributed by atoms with Crippen molar-refractivity contribution in [3.05, 3.63) is 192 Å². The third-order valence-electron chi connectivity index (χ3n) is 11.3. The molecule has 0 aliphatic rings. The molecule has 0 aliphatic heterocycles. The number of fused-ring (bicyclic) bond motifs is 13. The number of rotatable bonds is 4. The van der Waals surface area contributed by atoms with Crippen LogP contribution in [0, 0.1) is 0 Å². The molecule has 0 unspecified atom stereocenters. The van der Waals surface area contributed by atoms with Gasteiger partial charge in [0.2, 0.25) is 5.95 Å². The van der Waals surface area contributed by atoms with Crippen molar-refractivity contribution in [2.24, 2.45) is 0 Å². The highest BCUT2D eigenvalue weighted by Crippen LogP contribution is 2.48. The lowest BCUT2D eigenvalue weighted by atomic mass is 9.99. The Bertz CT molecular complexity index is 3640. The molecule has 4 heterocycles. The molecule has 266 valence electrons. The minimum atomic E-state index is -0.163. The Labute approximate surface area is 330 Å². The number of nitrogens with zero attached hydrogens (tertiary/aromatic N) is 4. The summed E-state index contributed by atoms with van der Waals surface area (Å²) in [5.74, 6) is 0.520. The van der Waals surface area contributed by atoms with E-state index in [9.17, 15) is 0 Å². The predicted molar refractivity (Wildman–Crippen MR) is 238 cm³/mol. The Morgan fingerprint density at radius 3 is 1.70 bits per heavy atom. The topological polar surface area (TPSA) is 52.7 Å². The van der Waals surface area contributed by atoms with E-state index in [1.54, 1.807) is 4.57 Å². The largest absolute Gasteiger partial charge is 0.276 e. The van der Waals surface area contributed by atoms with Gasteiger partial charge in [-0.2, -0.15) is 0 Å². The Hall–Kier alpha value is -7.41. The van der Waals surface area contributed by atoms with Crippen molar-refractivity contribution in [3.8, 4) is 34.0 Å². The number of para-hydroxylation sites is 3. The van der Waals surface area contributed by atoms with Gasteiger partial charge in [0.05, 0.1) is 37.8 Å². The van der Waals surface area contributed by atoms with Crippen LogP contribution in [-0.2, 0) is 0 Å². The molecule has 8 aromatic carbocycles. The van der Waals surface area contributed by atoms with Gasteiger partial charge in [-0.15, -0.1) is 11.3 Å². The molecule has 0 amide bonds. The zero-order valence-corrected chi connectivity index (χ0v) is 31.2. The highest BCUT2D eigenvalue weighted by Gasteiger charge is 2.25. The van der Waals surface area contributed by atoms with Gasteiger partial charge in [0, 0.05) is 42.9 Å². The van der Waals surface area contributed by atoms with E-state index in [1.165, 1.54) is 36.3 Å². The van der Waals surface area contributed by atoms with Gasteiger partial charge in [-0.3, -0.25) is 13.9 Å². The lowest BCUT2D eigenvalue weighted by Gasteiger charge is -2.17. The van der Waals surface area contributed by atoms with Crippen molar-refractivity contribution in [1.29, 1.82) is 0 Å². The SMILES string of the molecule is O=c1c2c(-c3ccc(-c4ccccc4)cc3)nc(-n3c4ccccc4c4c5ccccc5c5c6ccccc6sc5c43)nc2c2ccccc2n1-c1ccccc1. The van der Waals surface area contributed by atoms with Crippen molar-refractivity contribution >= 4 is 85.9 Å². The molecule has 0 radical (unpaired) electrons. The van der Waals surface area contributed by atoms with Gasteiger partial charge in [0.25, 0.3) is 5.56 Å². The summed E-state index contributed by atoms with van der Waals surface area (Å²) in [5.41, 5.74) is 7.76.